The molecule has 0 bridgehead atoms. The molecule has 0 atom stereocenters. The molecule has 1 aromatic heterocycles. The first-order valence-electron chi connectivity index (χ1n) is 8.05. The topological polar surface area (TPSA) is 31.4 Å². The van der Waals surface area contributed by atoms with Gasteiger partial charge in [-0.3, -0.25) is 0 Å². The first-order valence-corrected chi connectivity index (χ1v) is 8.05. The van der Waals surface area contributed by atoms with Gasteiger partial charge >= 0.3 is 0 Å². The van der Waals surface area contributed by atoms with Gasteiger partial charge in [0, 0.05) is 19.8 Å². The zero-order valence-corrected chi connectivity index (χ0v) is 14.1. The summed E-state index contributed by atoms with van der Waals surface area (Å²) in [5, 5.41) is 3.38. The molecule has 4 nitrogen and oxygen atoms in total. The number of aromatic nitrogens is 1. The fraction of sp³-hybridized carbons (Fsp3) is 0.150. The maximum Gasteiger partial charge on any atom is 0.159 e. The van der Waals surface area contributed by atoms with Crippen LogP contribution in [0.2, 0.25) is 0 Å². The zero-order chi connectivity index (χ0) is 16.7. The summed E-state index contributed by atoms with van der Waals surface area (Å²) in [6.45, 7) is 2.09. The third-order valence-electron chi connectivity index (χ3n) is 4.46. The summed E-state index contributed by atoms with van der Waals surface area (Å²) in [4.78, 5) is 9.17. The number of anilines is 6. The van der Waals surface area contributed by atoms with E-state index in [-0.39, 0.29) is 0 Å². The van der Waals surface area contributed by atoms with Crippen molar-refractivity contribution in [3.63, 3.8) is 0 Å². The average Bonchev–Trinajstić information content (AvgIpc) is 2.62. The zero-order valence-electron chi connectivity index (χ0n) is 14.1. The molecule has 4 rings (SSSR count). The van der Waals surface area contributed by atoms with Crippen molar-refractivity contribution in [3.05, 3.63) is 66.2 Å². The lowest BCUT2D eigenvalue weighted by atomic mass is 10.1. The van der Waals surface area contributed by atoms with Crippen LogP contribution in [-0.4, -0.2) is 19.1 Å². The number of hydrogen-bond acceptors (Lipinski definition) is 4. The van der Waals surface area contributed by atoms with Gasteiger partial charge < -0.3 is 15.1 Å². The molecule has 1 aliphatic rings. The molecule has 0 aliphatic carbocycles. The molecule has 3 aromatic rings. The fourth-order valence-corrected chi connectivity index (χ4v) is 3.08. The van der Waals surface area contributed by atoms with Crippen LogP contribution in [-0.2, 0) is 0 Å². The van der Waals surface area contributed by atoms with Crippen LogP contribution in [0.1, 0.15) is 5.56 Å². The van der Waals surface area contributed by atoms with E-state index in [0.29, 0.717) is 0 Å². The Bertz CT molecular complexity index is 886. The highest BCUT2D eigenvalue weighted by atomic mass is 15.3. The summed E-state index contributed by atoms with van der Waals surface area (Å²) in [6.07, 6.45) is 0. The van der Waals surface area contributed by atoms with E-state index in [1.807, 2.05) is 6.07 Å². The summed E-state index contributed by atoms with van der Waals surface area (Å²) in [5.74, 6) is 1.80. The number of para-hydroxylation sites is 2. The molecule has 0 fully saturated rings. The maximum absolute atomic E-state index is 4.83. The normalized spacial score (nSPS) is 12.6. The van der Waals surface area contributed by atoms with E-state index in [0.717, 1.165) is 28.7 Å². The van der Waals surface area contributed by atoms with Crippen LogP contribution in [0.5, 0.6) is 0 Å². The molecular formula is C20H20N4. The standard InChI is InChI=1S/C20H20N4/c1-14-8-10-15(11-9-14)21-19-13-12-18-20(22-19)24(3)17-7-5-4-6-16(17)23(18)2/h4-13H,1-3H3,(H,21,22). The minimum absolute atomic E-state index is 0.845. The number of pyridine rings is 1. The quantitative estimate of drug-likeness (QED) is 0.722. The Hall–Kier alpha value is -3.01. The van der Waals surface area contributed by atoms with Crippen molar-refractivity contribution >= 4 is 34.4 Å². The predicted octanol–water partition coefficient (Wildman–Crippen LogP) is 4.98. The number of nitrogens with one attached hydrogen (secondary N) is 1. The first kappa shape index (κ1) is 14.6. The van der Waals surface area contributed by atoms with E-state index in [1.54, 1.807) is 0 Å². The second-order valence-corrected chi connectivity index (χ2v) is 6.14. The van der Waals surface area contributed by atoms with E-state index < -0.39 is 0 Å². The summed E-state index contributed by atoms with van der Waals surface area (Å²) in [6, 6.07) is 20.8. The largest absolute Gasteiger partial charge is 0.340 e. The molecule has 2 aromatic carbocycles. The SMILES string of the molecule is Cc1ccc(Nc2ccc3c(n2)N(C)c2ccccc2N3C)cc1. The number of hydrogen-bond donors (Lipinski definition) is 1. The minimum atomic E-state index is 0.845. The fourth-order valence-electron chi connectivity index (χ4n) is 3.08. The van der Waals surface area contributed by atoms with Crippen LogP contribution >= 0.6 is 0 Å². The van der Waals surface area contributed by atoms with Gasteiger partial charge in [0.1, 0.15) is 5.82 Å². The van der Waals surface area contributed by atoms with Crippen molar-refractivity contribution in [1.29, 1.82) is 0 Å². The van der Waals surface area contributed by atoms with Crippen LogP contribution in [0.3, 0.4) is 0 Å². The van der Waals surface area contributed by atoms with Gasteiger partial charge in [0.25, 0.3) is 0 Å². The molecule has 0 saturated heterocycles. The molecular weight excluding hydrogens is 296 g/mol. The number of benzene rings is 2. The minimum Gasteiger partial charge on any atom is -0.340 e. The van der Waals surface area contributed by atoms with E-state index in [1.165, 1.54) is 11.3 Å². The smallest absolute Gasteiger partial charge is 0.159 e. The van der Waals surface area contributed by atoms with Crippen LogP contribution in [0.25, 0.3) is 0 Å². The Morgan fingerprint density at radius 1 is 0.750 bits per heavy atom. The number of nitrogens with zero attached hydrogens (tertiary/aromatic N) is 3. The number of fused-ring (bicyclic) bond motifs is 2. The average molecular weight is 316 g/mol. The Morgan fingerprint density at radius 3 is 2.12 bits per heavy atom. The molecule has 0 unspecified atom stereocenters. The molecule has 120 valence electrons. The van der Waals surface area contributed by atoms with E-state index in [9.17, 15) is 0 Å². The second kappa shape index (κ2) is 5.57. The van der Waals surface area contributed by atoms with Crippen molar-refractivity contribution in [1.82, 2.24) is 4.98 Å². The lowest BCUT2D eigenvalue weighted by Gasteiger charge is -2.35. The molecule has 0 saturated carbocycles. The van der Waals surface area contributed by atoms with Gasteiger partial charge in [0.2, 0.25) is 0 Å². The Balaban J connectivity index is 1.71. The monoisotopic (exact) mass is 316 g/mol. The molecule has 1 aliphatic heterocycles. The molecule has 1 N–H and O–H groups in total. The van der Waals surface area contributed by atoms with Crippen molar-refractivity contribution in [3.8, 4) is 0 Å². The first-order chi connectivity index (χ1) is 11.6. The summed E-state index contributed by atoms with van der Waals surface area (Å²) in [7, 11) is 4.15. The van der Waals surface area contributed by atoms with E-state index in [2.05, 4.69) is 90.7 Å². The van der Waals surface area contributed by atoms with E-state index in [4.69, 9.17) is 4.98 Å². The van der Waals surface area contributed by atoms with E-state index >= 15 is 0 Å². The highest BCUT2D eigenvalue weighted by Crippen LogP contribution is 2.45. The predicted molar refractivity (Wildman–Crippen MR) is 101 cm³/mol. The lowest BCUT2D eigenvalue weighted by molar-refractivity contribution is 1.05. The Morgan fingerprint density at radius 2 is 1.42 bits per heavy atom. The number of rotatable bonds is 2. The van der Waals surface area contributed by atoms with Crippen molar-refractivity contribution in [2.75, 3.05) is 29.2 Å². The van der Waals surface area contributed by atoms with Crippen LogP contribution in [0, 0.1) is 6.92 Å². The van der Waals surface area contributed by atoms with Gasteiger partial charge in [0.05, 0.1) is 17.1 Å². The van der Waals surface area contributed by atoms with Crippen LogP contribution < -0.4 is 15.1 Å². The molecule has 4 heteroatoms. The second-order valence-electron chi connectivity index (χ2n) is 6.14. The molecule has 0 spiro atoms. The van der Waals surface area contributed by atoms with Gasteiger partial charge in [-0.2, -0.15) is 0 Å². The molecule has 0 amide bonds. The van der Waals surface area contributed by atoms with Crippen LogP contribution in [0.4, 0.5) is 34.4 Å². The number of aryl methyl sites for hydroxylation is 1. The summed E-state index contributed by atoms with van der Waals surface area (Å²) in [5.41, 5.74) is 5.74. The van der Waals surface area contributed by atoms with Crippen molar-refractivity contribution in [2.45, 2.75) is 6.92 Å². The van der Waals surface area contributed by atoms with Crippen molar-refractivity contribution < 1.29 is 0 Å². The summed E-state index contributed by atoms with van der Waals surface area (Å²) >= 11 is 0. The maximum atomic E-state index is 4.83. The highest BCUT2D eigenvalue weighted by Gasteiger charge is 2.25. The third kappa shape index (κ3) is 2.36. The summed E-state index contributed by atoms with van der Waals surface area (Å²) < 4.78 is 0. The third-order valence-corrected chi connectivity index (χ3v) is 4.46. The van der Waals surface area contributed by atoms with Gasteiger partial charge in [-0.25, -0.2) is 4.98 Å². The molecule has 2 heterocycles. The molecule has 24 heavy (non-hydrogen) atoms. The highest BCUT2D eigenvalue weighted by molar-refractivity contribution is 5.91. The van der Waals surface area contributed by atoms with Gasteiger partial charge in [0.15, 0.2) is 5.82 Å². The van der Waals surface area contributed by atoms with Gasteiger partial charge in [-0.1, -0.05) is 29.8 Å². The Kier molecular flexibility index (Phi) is 3.38. The molecule has 0 radical (unpaired) electrons. The van der Waals surface area contributed by atoms with Gasteiger partial charge in [-0.15, -0.1) is 0 Å². The van der Waals surface area contributed by atoms with Crippen molar-refractivity contribution in [2.24, 2.45) is 0 Å². The lowest BCUT2D eigenvalue weighted by Crippen LogP contribution is -2.25. The van der Waals surface area contributed by atoms with Gasteiger partial charge in [-0.05, 0) is 43.3 Å². The van der Waals surface area contributed by atoms with Crippen LogP contribution in [0.15, 0.2) is 60.7 Å². The Labute approximate surface area is 142 Å².